The van der Waals surface area contributed by atoms with Gasteiger partial charge in [0.1, 0.15) is 30.3 Å². The highest BCUT2D eigenvalue weighted by atomic mass is 32.1. The number of fused-ring (bicyclic) bond motifs is 8. The third-order valence-corrected chi connectivity index (χ3v) is 17.2. The topological polar surface area (TPSA) is 63.0 Å². The number of aromatic nitrogens is 1. The number of rotatable bonds is 1. The van der Waals surface area contributed by atoms with Gasteiger partial charge in [0.15, 0.2) is 0 Å². The predicted octanol–water partition coefficient (Wildman–Crippen LogP) is 40.3. The summed E-state index contributed by atoms with van der Waals surface area (Å²) in [6, 6.07) is 57.3. The number of ether oxygens (including phenoxy) is 4. The van der Waals surface area contributed by atoms with Crippen molar-refractivity contribution in [2.45, 2.75) is 347 Å². The van der Waals surface area contributed by atoms with Gasteiger partial charge in [-0.15, -0.1) is 34.0 Å². The fourth-order valence-electron chi connectivity index (χ4n) is 9.55. The van der Waals surface area contributed by atoms with Crippen LogP contribution in [-0.4, -0.2) is 4.98 Å². The quantitative estimate of drug-likeness (QED) is 0.163. The summed E-state index contributed by atoms with van der Waals surface area (Å²) >= 11 is 5.39. The summed E-state index contributed by atoms with van der Waals surface area (Å²) in [5.74, 6) is 2.00. The molecule has 0 N–H and O–H groups in total. The van der Waals surface area contributed by atoms with E-state index >= 15 is 0 Å². The lowest BCUT2D eigenvalue weighted by Crippen LogP contribution is -1.95. The third-order valence-electron chi connectivity index (χ3n) is 14.2. The lowest BCUT2D eigenvalue weighted by atomic mass is 10.0. The van der Waals surface area contributed by atoms with Crippen LogP contribution in [0.1, 0.15) is 342 Å². The number of aryl methyl sites for hydroxylation is 9. The Morgan fingerprint density at radius 2 is 0.618 bits per heavy atom. The second-order valence-corrected chi connectivity index (χ2v) is 29.5. The molecular formula is C114H179NO5S3. The molecule has 9 heteroatoms. The molecule has 0 fully saturated rings. The van der Waals surface area contributed by atoms with Crippen LogP contribution < -0.4 is 9.47 Å². The molecule has 0 spiro atoms. The maximum atomic E-state index is 5.30. The number of furan rings is 1. The van der Waals surface area contributed by atoms with Gasteiger partial charge in [-0.2, -0.15) is 0 Å². The number of allylic oxidation sites excluding steroid dienone is 2. The van der Waals surface area contributed by atoms with Crippen LogP contribution in [0, 0.1) is 55.4 Å². The highest BCUT2D eigenvalue weighted by Gasteiger charge is 2.08. The van der Waals surface area contributed by atoms with Gasteiger partial charge in [0, 0.05) is 14.8 Å². The van der Waals surface area contributed by atoms with Crippen molar-refractivity contribution in [3.63, 3.8) is 0 Å². The number of nitrogens with zero attached hydrogens (tertiary/aromatic N) is 1. The highest BCUT2D eigenvalue weighted by Crippen LogP contribution is 2.28. The lowest BCUT2D eigenvalue weighted by Gasteiger charge is -2.11. The Labute approximate surface area is 770 Å². The van der Waals surface area contributed by atoms with E-state index in [1.54, 1.807) is 65.3 Å². The van der Waals surface area contributed by atoms with Gasteiger partial charge in [0.05, 0.1) is 46.5 Å². The summed E-state index contributed by atoms with van der Waals surface area (Å²) in [5, 5.41) is 9.39. The van der Waals surface area contributed by atoms with E-state index < -0.39 is 0 Å². The molecule has 8 heterocycles. The summed E-state index contributed by atoms with van der Waals surface area (Å²) in [6.07, 6.45) is 28.6. The van der Waals surface area contributed by atoms with Crippen LogP contribution in [0.3, 0.4) is 0 Å². The van der Waals surface area contributed by atoms with Crippen LogP contribution in [0.15, 0.2) is 222 Å². The Kier molecular flexibility index (Phi) is 94.2. The summed E-state index contributed by atoms with van der Waals surface area (Å²) in [7, 11) is 0. The van der Waals surface area contributed by atoms with E-state index in [1.165, 1.54) is 158 Å². The number of hydrogen-bond donors (Lipinski definition) is 0. The molecule has 0 saturated carbocycles. The first kappa shape index (κ1) is 127. The van der Waals surface area contributed by atoms with E-state index in [4.69, 9.17) is 23.4 Å². The van der Waals surface area contributed by atoms with Crippen molar-refractivity contribution in [3.8, 4) is 11.5 Å². The summed E-state index contributed by atoms with van der Waals surface area (Å²) in [6.45, 7) is 82.1. The second-order valence-electron chi connectivity index (χ2n) is 26.5. The Morgan fingerprint density at radius 3 is 0.992 bits per heavy atom. The van der Waals surface area contributed by atoms with Crippen molar-refractivity contribution in [2.75, 3.05) is 0 Å². The molecule has 0 amide bonds. The molecule has 0 aliphatic carbocycles. The van der Waals surface area contributed by atoms with Crippen molar-refractivity contribution in [2.24, 2.45) is 0 Å². The minimum Gasteiger partial charge on any atom is -0.496 e. The highest BCUT2D eigenvalue weighted by molar-refractivity contribution is 7.18. The van der Waals surface area contributed by atoms with E-state index in [0.29, 0.717) is 13.2 Å². The summed E-state index contributed by atoms with van der Waals surface area (Å²) < 4.78 is 30.2. The molecule has 0 saturated heterocycles. The fourth-order valence-corrected chi connectivity index (χ4v) is 12.0. The van der Waals surface area contributed by atoms with Crippen LogP contribution >= 0.6 is 34.0 Å². The molecule has 0 bridgehead atoms. The smallest absolute Gasteiger partial charge is 0.134 e. The van der Waals surface area contributed by atoms with Crippen molar-refractivity contribution in [3.05, 3.63) is 301 Å². The van der Waals surface area contributed by atoms with Gasteiger partial charge in [0.2, 0.25) is 0 Å². The van der Waals surface area contributed by atoms with Gasteiger partial charge >= 0.3 is 0 Å². The summed E-state index contributed by atoms with van der Waals surface area (Å²) in [4.78, 5) is 4.51. The molecule has 4 aliphatic rings. The number of thiophene rings is 2. The van der Waals surface area contributed by atoms with Gasteiger partial charge in [-0.25, -0.2) is 4.98 Å². The average molecular weight is 1740 g/mol. The molecule has 688 valence electrons. The molecule has 4 aromatic heterocycles. The minimum atomic E-state index is 0.714. The van der Waals surface area contributed by atoms with Crippen LogP contribution in [0.2, 0.25) is 0 Å². The molecule has 123 heavy (non-hydrogen) atoms. The van der Waals surface area contributed by atoms with E-state index in [-0.39, 0.29) is 0 Å². The van der Waals surface area contributed by atoms with Crippen LogP contribution in [-0.2, 0) is 41.9 Å². The first-order chi connectivity index (χ1) is 59.7. The Balaban J connectivity index is -0.000000237. The second kappa shape index (κ2) is 91.0. The molecule has 0 radical (unpaired) electrons. The average Bonchev–Trinajstić information content (AvgIpc) is 1.79. The molecular weight excluding hydrogens is 1560 g/mol. The monoisotopic (exact) mass is 1740 g/mol. The Morgan fingerprint density at radius 1 is 0.301 bits per heavy atom. The SMILES string of the molecule is CC.CC.CC.CC.CC.CC.CC.CC.CCC.CCC.CCC.CCC.CCC.CCC.CCC.CCc1nc2cc(C)ccc2s1.Cc1ccc2c(c1)C=COC2.Cc1ccc2c(c1)C=COC2.Cc1ccc2c(c1)CC=CO2.Cc1ccc2c(c1)CC=CO2.Cc1ccc2ccoc2c1.Cc1ccc2sccc2c1.Cc1ccc2sccc2c1. The standard InChI is InChI=1S/C10H11NS.4C10H10O.C9H8O.2C9H8S.7C3H8.8C2H6/c1-3-10-11-8-6-7(2)4-5-9(8)12-10;2*1-8-2-3-10-7-11-5-4-9(10)6-8;2*1-8-4-5-10-9(7-8)3-2-6-11-10;1-7-2-3-8-4-5-10-9(8)6-7;2*1-7-2-3-9-8(6-7)4-5-10-9;7*1-3-2;8*1-2/h4-6H,3H2,1-2H3;2*2-6H,7H2,1H3;2*2,4-7H,3H2,1H3;3*2-6H,1H3;7*3H2,1-2H3;8*1-2H3. The van der Waals surface area contributed by atoms with Crippen LogP contribution in [0.4, 0.5) is 0 Å². The Hall–Kier alpha value is -8.73. The zero-order valence-corrected chi connectivity index (χ0v) is 88.1. The fraction of sp³-hybridized carbons (Fsp3) is 0.447. The maximum Gasteiger partial charge on any atom is 0.134 e. The van der Waals surface area contributed by atoms with Gasteiger partial charge in [0.25, 0.3) is 0 Å². The van der Waals surface area contributed by atoms with Crippen molar-refractivity contribution < 1.29 is 23.4 Å². The van der Waals surface area contributed by atoms with E-state index in [1.807, 2.05) is 159 Å². The van der Waals surface area contributed by atoms with Gasteiger partial charge in [-0.05, 0) is 226 Å². The molecule has 16 rings (SSSR count). The summed E-state index contributed by atoms with van der Waals surface area (Å²) in [5.41, 5.74) is 20.2. The molecule has 0 atom stereocenters. The van der Waals surface area contributed by atoms with Crippen molar-refractivity contribution in [1.29, 1.82) is 0 Å². The van der Waals surface area contributed by atoms with Gasteiger partial charge in [-0.1, -0.05) is 396 Å². The van der Waals surface area contributed by atoms with Crippen molar-refractivity contribution >= 4 is 87.5 Å². The largest absolute Gasteiger partial charge is 0.496 e. The van der Waals surface area contributed by atoms with E-state index in [9.17, 15) is 0 Å². The molecule has 0 unspecified atom stereocenters. The lowest BCUT2D eigenvalue weighted by molar-refractivity contribution is 0.234. The third kappa shape index (κ3) is 61.3. The van der Waals surface area contributed by atoms with Crippen LogP contribution in [0.5, 0.6) is 11.5 Å². The van der Waals surface area contributed by atoms with E-state index in [0.717, 1.165) is 41.9 Å². The zero-order valence-electron chi connectivity index (χ0n) is 85.6. The van der Waals surface area contributed by atoms with Crippen LogP contribution in [0.25, 0.3) is 53.5 Å². The Bertz CT molecular complexity index is 4120. The molecule has 8 aromatic carbocycles. The number of hydrogen-bond acceptors (Lipinski definition) is 9. The molecule has 4 aliphatic heterocycles. The molecule has 12 aromatic rings. The zero-order chi connectivity index (χ0) is 95.2. The van der Waals surface area contributed by atoms with Crippen molar-refractivity contribution in [1.82, 2.24) is 4.98 Å². The molecule has 6 nitrogen and oxygen atoms in total. The van der Waals surface area contributed by atoms with Gasteiger partial charge < -0.3 is 23.4 Å². The van der Waals surface area contributed by atoms with Gasteiger partial charge in [-0.3, -0.25) is 0 Å². The minimum absolute atomic E-state index is 0.714. The first-order valence-electron chi connectivity index (χ1n) is 47.0. The first-order valence-corrected chi connectivity index (χ1v) is 49.6. The maximum absolute atomic E-state index is 5.30. The van der Waals surface area contributed by atoms with E-state index in [2.05, 4.69) is 315 Å². The predicted molar refractivity (Wildman–Crippen MR) is 570 cm³/mol. The normalized spacial score (nSPS) is 10.0. The number of thiazole rings is 1. The number of benzene rings is 8.